The van der Waals surface area contributed by atoms with Crippen LogP contribution >= 0.6 is 0 Å². The zero-order valence-electron chi connectivity index (χ0n) is 17.5. The lowest BCUT2D eigenvalue weighted by atomic mass is 9.86. The first kappa shape index (κ1) is 20.3. The second kappa shape index (κ2) is 8.83. The zero-order chi connectivity index (χ0) is 21.0. The standard InChI is InChI=1S/C23H29N5O2/c1-2-27-17-23(14-21(27)29)16-26(15-20-10-6-7-11-24-20)12-13-28(18-23)22(30)25-19-8-4-3-5-9-19/h3-11H,2,12-18H2,1H3,(H,25,30)/t23-/m0/s1. The molecule has 2 aromatic rings. The van der Waals surface area contributed by atoms with Crippen molar-refractivity contribution in [1.29, 1.82) is 0 Å². The van der Waals surface area contributed by atoms with Gasteiger partial charge in [-0.05, 0) is 31.2 Å². The third-order valence-corrected chi connectivity index (χ3v) is 5.98. The molecule has 1 spiro atoms. The molecule has 0 radical (unpaired) electrons. The van der Waals surface area contributed by atoms with Gasteiger partial charge >= 0.3 is 6.03 Å². The molecule has 2 aliphatic heterocycles. The van der Waals surface area contributed by atoms with Gasteiger partial charge in [0, 0.05) is 69.5 Å². The number of hydrogen-bond donors (Lipinski definition) is 1. The van der Waals surface area contributed by atoms with Crippen LogP contribution in [-0.2, 0) is 11.3 Å². The number of carbonyl (C=O) groups is 2. The van der Waals surface area contributed by atoms with Crippen LogP contribution in [0.15, 0.2) is 54.7 Å². The molecule has 0 unspecified atom stereocenters. The highest BCUT2D eigenvalue weighted by atomic mass is 16.2. The number of rotatable bonds is 4. The maximum atomic E-state index is 13.0. The second-order valence-electron chi connectivity index (χ2n) is 8.33. The largest absolute Gasteiger partial charge is 0.342 e. The first-order valence-electron chi connectivity index (χ1n) is 10.6. The fraction of sp³-hybridized carbons (Fsp3) is 0.435. The van der Waals surface area contributed by atoms with Crippen LogP contribution < -0.4 is 5.32 Å². The minimum absolute atomic E-state index is 0.109. The predicted molar refractivity (Wildman–Crippen MR) is 116 cm³/mol. The molecule has 7 nitrogen and oxygen atoms in total. The smallest absolute Gasteiger partial charge is 0.321 e. The Bertz CT molecular complexity index is 876. The van der Waals surface area contributed by atoms with E-state index in [1.54, 1.807) is 6.20 Å². The van der Waals surface area contributed by atoms with Crippen molar-refractivity contribution in [1.82, 2.24) is 19.7 Å². The Morgan fingerprint density at radius 3 is 2.57 bits per heavy atom. The van der Waals surface area contributed by atoms with E-state index in [-0.39, 0.29) is 17.4 Å². The molecule has 0 saturated carbocycles. The van der Waals surface area contributed by atoms with Gasteiger partial charge in [0.25, 0.3) is 0 Å². The summed E-state index contributed by atoms with van der Waals surface area (Å²) in [7, 11) is 0. The molecule has 3 amide bonds. The van der Waals surface area contributed by atoms with Gasteiger partial charge in [-0.15, -0.1) is 0 Å². The molecular weight excluding hydrogens is 378 g/mol. The van der Waals surface area contributed by atoms with Crippen LogP contribution in [0.5, 0.6) is 0 Å². The van der Waals surface area contributed by atoms with Crippen molar-refractivity contribution in [3.05, 3.63) is 60.4 Å². The second-order valence-corrected chi connectivity index (χ2v) is 8.33. The van der Waals surface area contributed by atoms with Gasteiger partial charge in [0.1, 0.15) is 0 Å². The molecule has 2 aliphatic rings. The Hall–Kier alpha value is -2.93. The van der Waals surface area contributed by atoms with Crippen LogP contribution in [0.25, 0.3) is 0 Å². The lowest BCUT2D eigenvalue weighted by Crippen LogP contribution is -2.45. The molecule has 1 aromatic heterocycles. The number of likely N-dealkylation sites (tertiary alicyclic amines) is 1. The zero-order valence-corrected chi connectivity index (χ0v) is 17.5. The number of aromatic nitrogens is 1. The molecule has 158 valence electrons. The molecule has 2 fully saturated rings. The third-order valence-electron chi connectivity index (χ3n) is 5.98. The Morgan fingerprint density at radius 1 is 1.07 bits per heavy atom. The first-order valence-corrected chi connectivity index (χ1v) is 10.6. The quantitative estimate of drug-likeness (QED) is 0.846. The molecule has 1 atom stereocenters. The van der Waals surface area contributed by atoms with E-state index in [9.17, 15) is 9.59 Å². The summed E-state index contributed by atoms with van der Waals surface area (Å²) in [6.07, 6.45) is 2.29. The summed E-state index contributed by atoms with van der Waals surface area (Å²) in [4.78, 5) is 36.2. The summed E-state index contributed by atoms with van der Waals surface area (Å²) in [5.41, 5.74) is 1.53. The van der Waals surface area contributed by atoms with E-state index in [4.69, 9.17) is 0 Å². The van der Waals surface area contributed by atoms with Gasteiger partial charge in [0.15, 0.2) is 0 Å². The number of carbonyl (C=O) groups excluding carboxylic acids is 2. The number of benzene rings is 1. The van der Waals surface area contributed by atoms with Crippen molar-refractivity contribution >= 4 is 17.6 Å². The molecule has 0 aliphatic carbocycles. The summed E-state index contributed by atoms with van der Waals surface area (Å²) >= 11 is 0. The van der Waals surface area contributed by atoms with E-state index in [1.165, 1.54) is 0 Å². The summed E-state index contributed by atoms with van der Waals surface area (Å²) < 4.78 is 0. The first-order chi connectivity index (χ1) is 14.6. The van der Waals surface area contributed by atoms with Crippen molar-refractivity contribution in [2.45, 2.75) is 19.9 Å². The molecule has 4 rings (SSSR count). The molecule has 1 aromatic carbocycles. The van der Waals surface area contributed by atoms with Gasteiger partial charge in [-0.1, -0.05) is 24.3 Å². The Kier molecular flexibility index (Phi) is 5.99. The van der Waals surface area contributed by atoms with E-state index < -0.39 is 0 Å². The highest BCUT2D eigenvalue weighted by Crippen LogP contribution is 2.35. The number of amides is 3. The summed E-state index contributed by atoms with van der Waals surface area (Å²) in [6, 6.07) is 15.3. The average Bonchev–Trinajstić information content (AvgIpc) is 2.95. The molecule has 30 heavy (non-hydrogen) atoms. The SMILES string of the molecule is CCN1C[C@]2(CC1=O)CN(Cc1ccccn1)CCN(C(=O)Nc1ccccc1)C2. The van der Waals surface area contributed by atoms with Crippen molar-refractivity contribution < 1.29 is 9.59 Å². The highest BCUT2D eigenvalue weighted by Gasteiger charge is 2.46. The monoisotopic (exact) mass is 407 g/mol. The number of para-hydroxylation sites is 1. The summed E-state index contributed by atoms with van der Waals surface area (Å²) in [5.74, 6) is 0.181. The molecule has 0 bridgehead atoms. The Labute approximate surface area is 177 Å². The number of nitrogens with zero attached hydrogens (tertiary/aromatic N) is 4. The highest BCUT2D eigenvalue weighted by molar-refractivity contribution is 5.89. The van der Waals surface area contributed by atoms with Crippen molar-refractivity contribution in [2.75, 3.05) is 44.6 Å². The maximum absolute atomic E-state index is 13.0. The predicted octanol–water partition coefficient (Wildman–Crippen LogP) is 2.67. The number of pyridine rings is 1. The van der Waals surface area contributed by atoms with Crippen LogP contribution in [-0.4, -0.2) is 70.9 Å². The molecule has 2 saturated heterocycles. The summed E-state index contributed by atoms with van der Waals surface area (Å²) in [5, 5.41) is 3.00. The van der Waals surface area contributed by atoms with E-state index in [2.05, 4.69) is 15.2 Å². The Morgan fingerprint density at radius 2 is 1.87 bits per heavy atom. The van der Waals surface area contributed by atoms with Gasteiger partial charge in [-0.25, -0.2) is 4.79 Å². The molecule has 3 heterocycles. The lowest BCUT2D eigenvalue weighted by molar-refractivity contribution is -0.127. The number of hydrogen-bond acceptors (Lipinski definition) is 4. The van der Waals surface area contributed by atoms with Crippen LogP contribution in [0.2, 0.25) is 0 Å². The summed E-state index contributed by atoms with van der Waals surface area (Å²) in [6.45, 7) is 6.85. The van der Waals surface area contributed by atoms with Gasteiger partial charge < -0.3 is 15.1 Å². The average molecular weight is 408 g/mol. The van der Waals surface area contributed by atoms with Crippen LogP contribution in [0, 0.1) is 5.41 Å². The topological polar surface area (TPSA) is 68.8 Å². The van der Waals surface area contributed by atoms with Gasteiger partial charge in [-0.3, -0.25) is 14.7 Å². The van der Waals surface area contributed by atoms with Crippen LogP contribution in [0.3, 0.4) is 0 Å². The lowest BCUT2D eigenvalue weighted by Gasteiger charge is -2.33. The van der Waals surface area contributed by atoms with Crippen LogP contribution in [0.1, 0.15) is 19.0 Å². The molecule has 7 heteroatoms. The number of anilines is 1. The fourth-order valence-corrected chi connectivity index (χ4v) is 4.58. The Balaban J connectivity index is 1.53. The minimum atomic E-state index is -0.258. The van der Waals surface area contributed by atoms with Gasteiger partial charge in [0.2, 0.25) is 5.91 Å². The van der Waals surface area contributed by atoms with Gasteiger partial charge in [0.05, 0.1) is 5.69 Å². The van der Waals surface area contributed by atoms with E-state index in [0.717, 1.165) is 31.0 Å². The van der Waals surface area contributed by atoms with Crippen LogP contribution in [0.4, 0.5) is 10.5 Å². The van der Waals surface area contributed by atoms with E-state index >= 15 is 0 Å². The van der Waals surface area contributed by atoms with Crippen molar-refractivity contribution in [2.24, 2.45) is 5.41 Å². The third kappa shape index (κ3) is 4.62. The van der Waals surface area contributed by atoms with Crippen molar-refractivity contribution in [3.63, 3.8) is 0 Å². The maximum Gasteiger partial charge on any atom is 0.321 e. The number of urea groups is 1. The van der Waals surface area contributed by atoms with E-state index in [0.29, 0.717) is 32.6 Å². The molecular formula is C23H29N5O2. The molecule has 1 N–H and O–H groups in total. The minimum Gasteiger partial charge on any atom is -0.342 e. The van der Waals surface area contributed by atoms with Gasteiger partial charge in [-0.2, -0.15) is 0 Å². The van der Waals surface area contributed by atoms with Crippen molar-refractivity contribution in [3.8, 4) is 0 Å². The van der Waals surface area contributed by atoms with E-state index in [1.807, 2.05) is 65.3 Å². The normalized spacial score (nSPS) is 22.4. The fourth-order valence-electron chi connectivity index (χ4n) is 4.58. The number of nitrogens with one attached hydrogen (secondary N) is 1.